The Balaban J connectivity index is 1.98. The zero-order chi connectivity index (χ0) is 19.4. The molecule has 1 heterocycles. The van der Waals surface area contributed by atoms with Gasteiger partial charge in [0, 0.05) is 38.0 Å². The standard InChI is InChI=1S/C19H21N5O3/c1-22-10-11-23(2)18(13-22)21-17-9-8-15(24(26)27)12-16(17)19(25)20-14-6-4-3-5-7-14/h3-9,12H,10-11,13H2,1-2H3,(H,20,25)/b21-18+. The summed E-state index contributed by atoms with van der Waals surface area (Å²) in [7, 11) is 3.95. The van der Waals surface area contributed by atoms with Crippen LogP contribution in [-0.2, 0) is 0 Å². The average molecular weight is 367 g/mol. The lowest BCUT2D eigenvalue weighted by Gasteiger charge is -2.32. The van der Waals surface area contributed by atoms with Crippen LogP contribution >= 0.6 is 0 Å². The van der Waals surface area contributed by atoms with Crippen molar-refractivity contribution in [2.75, 3.05) is 39.0 Å². The van der Waals surface area contributed by atoms with Crippen LogP contribution in [0.2, 0.25) is 0 Å². The number of likely N-dealkylation sites (N-methyl/N-ethyl adjacent to an activating group) is 2. The maximum atomic E-state index is 12.8. The number of non-ortho nitro benzene ring substituents is 1. The van der Waals surface area contributed by atoms with E-state index in [0.29, 0.717) is 17.9 Å². The number of nitrogens with one attached hydrogen (secondary N) is 1. The Hall–Kier alpha value is -3.26. The quantitative estimate of drug-likeness (QED) is 0.663. The highest BCUT2D eigenvalue weighted by Crippen LogP contribution is 2.26. The Morgan fingerprint density at radius 1 is 1.15 bits per heavy atom. The van der Waals surface area contributed by atoms with Crippen LogP contribution in [0.25, 0.3) is 0 Å². The fourth-order valence-corrected chi connectivity index (χ4v) is 2.79. The third kappa shape index (κ3) is 4.48. The number of piperazine rings is 1. The number of carbonyl (C=O) groups is 1. The SMILES string of the molecule is CN1CCN(C)/C(=N/c2ccc([N+](=O)[O-])cc2C(=O)Nc2ccccc2)C1. The zero-order valence-electron chi connectivity index (χ0n) is 15.3. The van der Waals surface area contributed by atoms with Crippen LogP contribution in [0.1, 0.15) is 10.4 Å². The van der Waals surface area contributed by atoms with Gasteiger partial charge in [0.15, 0.2) is 0 Å². The number of hydrogen-bond donors (Lipinski definition) is 1. The van der Waals surface area contributed by atoms with Gasteiger partial charge in [-0.2, -0.15) is 0 Å². The number of amidine groups is 1. The molecule has 1 N–H and O–H groups in total. The second-order valence-electron chi connectivity index (χ2n) is 6.47. The second kappa shape index (κ2) is 7.96. The predicted octanol–water partition coefficient (Wildman–Crippen LogP) is 2.75. The molecule has 0 aromatic heterocycles. The monoisotopic (exact) mass is 367 g/mol. The van der Waals surface area contributed by atoms with Crippen molar-refractivity contribution < 1.29 is 9.72 Å². The maximum absolute atomic E-state index is 12.8. The fourth-order valence-electron chi connectivity index (χ4n) is 2.79. The van der Waals surface area contributed by atoms with Crippen molar-refractivity contribution in [1.29, 1.82) is 0 Å². The summed E-state index contributed by atoms with van der Waals surface area (Å²) in [6.45, 7) is 2.40. The molecule has 0 unspecified atom stereocenters. The van der Waals surface area contributed by atoms with Crippen molar-refractivity contribution in [3.63, 3.8) is 0 Å². The summed E-state index contributed by atoms with van der Waals surface area (Å²) in [6, 6.07) is 13.1. The molecule has 0 radical (unpaired) electrons. The number of nitro groups is 1. The molecule has 0 saturated carbocycles. The number of anilines is 1. The minimum absolute atomic E-state index is 0.147. The molecule has 1 aliphatic rings. The maximum Gasteiger partial charge on any atom is 0.270 e. The molecule has 2 aromatic rings. The molecule has 140 valence electrons. The highest BCUT2D eigenvalue weighted by molar-refractivity contribution is 6.08. The largest absolute Gasteiger partial charge is 0.361 e. The van der Waals surface area contributed by atoms with Crippen LogP contribution in [0.4, 0.5) is 17.1 Å². The smallest absolute Gasteiger partial charge is 0.270 e. The van der Waals surface area contributed by atoms with Gasteiger partial charge < -0.3 is 10.2 Å². The Morgan fingerprint density at radius 2 is 1.89 bits per heavy atom. The van der Waals surface area contributed by atoms with Crippen LogP contribution in [0.5, 0.6) is 0 Å². The Bertz CT molecular complexity index is 882. The van der Waals surface area contributed by atoms with Gasteiger partial charge in [0.2, 0.25) is 0 Å². The van der Waals surface area contributed by atoms with Crippen molar-refractivity contribution in [2.45, 2.75) is 0 Å². The van der Waals surface area contributed by atoms with Gasteiger partial charge in [-0.25, -0.2) is 4.99 Å². The summed E-state index contributed by atoms with van der Waals surface area (Å²) in [5.74, 6) is 0.377. The molecule has 8 nitrogen and oxygen atoms in total. The number of nitro benzene ring substituents is 1. The molecule has 1 aliphatic heterocycles. The lowest BCUT2D eigenvalue weighted by molar-refractivity contribution is -0.384. The van der Waals surface area contributed by atoms with Crippen LogP contribution in [0.15, 0.2) is 53.5 Å². The van der Waals surface area contributed by atoms with Crippen LogP contribution < -0.4 is 5.32 Å². The molecule has 0 bridgehead atoms. The molecule has 0 spiro atoms. The van der Waals surface area contributed by atoms with Gasteiger partial charge in [-0.05, 0) is 25.2 Å². The van der Waals surface area contributed by atoms with Gasteiger partial charge in [-0.3, -0.25) is 19.8 Å². The summed E-state index contributed by atoms with van der Waals surface area (Å²) in [6.07, 6.45) is 0. The first-order valence-electron chi connectivity index (χ1n) is 8.56. The van der Waals surface area contributed by atoms with E-state index in [4.69, 9.17) is 0 Å². The number of amides is 1. The molecule has 1 fully saturated rings. The van der Waals surface area contributed by atoms with Gasteiger partial charge in [0.25, 0.3) is 11.6 Å². The molecule has 0 atom stereocenters. The van der Waals surface area contributed by atoms with E-state index in [1.165, 1.54) is 18.2 Å². The van der Waals surface area contributed by atoms with Crippen LogP contribution in [-0.4, -0.2) is 60.2 Å². The van der Waals surface area contributed by atoms with Crippen molar-refractivity contribution in [3.8, 4) is 0 Å². The third-order valence-electron chi connectivity index (χ3n) is 4.39. The number of aliphatic imine (C=N–C) groups is 1. The lowest BCUT2D eigenvalue weighted by atomic mass is 10.1. The first kappa shape index (κ1) is 18.5. The predicted molar refractivity (Wildman–Crippen MR) is 105 cm³/mol. The molecule has 2 aromatic carbocycles. The van der Waals surface area contributed by atoms with E-state index in [1.807, 2.05) is 25.1 Å². The number of hydrogen-bond acceptors (Lipinski definition) is 5. The molecule has 1 amide bonds. The van der Waals surface area contributed by atoms with E-state index in [9.17, 15) is 14.9 Å². The van der Waals surface area contributed by atoms with Crippen molar-refractivity contribution in [3.05, 3.63) is 64.2 Å². The van der Waals surface area contributed by atoms with Crippen molar-refractivity contribution in [1.82, 2.24) is 9.80 Å². The lowest BCUT2D eigenvalue weighted by Crippen LogP contribution is -2.46. The zero-order valence-corrected chi connectivity index (χ0v) is 15.3. The second-order valence-corrected chi connectivity index (χ2v) is 6.47. The first-order chi connectivity index (χ1) is 12.9. The third-order valence-corrected chi connectivity index (χ3v) is 4.39. The molecular weight excluding hydrogens is 346 g/mol. The number of para-hydroxylation sites is 1. The van der Waals surface area contributed by atoms with E-state index in [2.05, 4.69) is 15.2 Å². The van der Waals surface area contributed by atoms with Crippen LogP contribution in [0.3, 0.4) is 0 Å². The molecule has 8 heteroatoms. The van der Waals surface area contributed by atoms with Gasteiger partial charge in [0.05, 0.1) is 22.7 Å². The van der Waals surface area contributed by atoms with E-state index >= 15 is 0 Å². The normalized spacial score (nSPS) is 16.4. The van der Waals surface area contributed by atoms with Gasteiger partial charge in [-0.15, -0.1) is 0 Å². The topological polar surface area (TPSA) is 91.1 Å². The summed E-state index contributed by atoms with van der Waals surface area (Å²) in [5, 5.41) is 13.9. The molecular formula is C19H21N5O3. The van der Waals surface area contributed by atoms with Gasteiger partial charge >= 0.3 is 0 Å². The van der Waals surface area contributed by atoms with E-state index in [0.717, 1.165) is 18.9 Å². The van der Waals surface area contributed by atoms with Crippen molar-refractivity contribution in [2.24, 2.45) is 4.99 Å². The Labute approximate surface area is 157 Å². The van der Waals surface area contributed by atoms with Crippen molar-refractivity contribution >= 4 is 28.8 Å². The Morgan fingerprint density at radius 3 is 2.59 bits per heavy atom. The first-order valence-corrected chi connectivity index (χ1v) is 8.56. The van der Waals surface area contributed by atoms with Gasteiger partial charge in [0.1, 0.15) is 5.84 Å². The Kier molecular flexibility index (Phi) is 5.46. The summed E-state index contributed by atoms with van der Waals surface area (Å²) >= 11 is 0. The highest BCUT2D eigenvalue weighted by Gasteiger charge is 2.20. The molecule has 1 saturated heterocycles. The van der Waals surface area contributed by atoms with E-state index < -0.39 is 10.8 Å². The van der Waals surface area contributed by atoms with Crippen LogP contribution in [0, 0.1) is 10.1 Å². The number of carbonyl (C=O) groups excluding carboxylic acids is 1. The van der Waals surface area contributed by atoms with E-state index in [-0.39, 0.29) is 11.3 Å². The highest BCUT2D eigenvalue weighted by atomic mass is 16.6. The molecule has 0 aliphatic carbocycles. The summed E-state index contributed by atoms with van der Waals surface area (Å²) in [5.41, 5.74) is 1.04. The summed E-state index contributed by atoms with van der Waals surface area (Å²) in [4.78, 5) is 32.2. The number of rotatable bonds is 4. The minimum Gasteiger partial charge on any atom is -0.361 e. The average Bonchev–Trinajstić information content (AvgIpc) is 2.65. The molecule has 27 heavy (non-hydrogen) atoms. The fraction of sp³-hybridized carbons (Fsp3) is 0.263. The summed E-state index contributed by atoms with van der Waals surface area (Å²) < 4.78 is 0. The minimum atomic E-state index is -0.517. The van der Waals surface area contributed by atoms with Gasteiger partial charge in [-0.1, -0.05) is 18.2 Å². The number of nitrogens with zero attached hydrogens (tertiary/aromatic N) is 4. The molecule has 3 rings (SSSR count). The number of benzene rings is 2. The van der Waals surface area contributed by atoms with E-state index in [1.54, 1.807) is 24.3 Å².